The summed E-state index contributed by atoms with van der Waals surface area (Å²) in [5.41, 5.74) is 0.284. The van der Waals surface area contributed by atoms with Crippen LogP contribution < -0.4 is 16.0 Å². The van der Waals surface area contributed by atoms with E-state index in [1.165, 1.54) is 4.90 Å². The molecule has 0 aromatic heterocycles. The highest BCUT2D eigenvalue weighted by Crippen LogP contribution is 2.34. The molecule has 7 nitrogen and oxygen atoms in total. The van der Waals surface area contributed by atoms with E-state index in [-0.39, 0.29) is 18.0 Å². The molecule has 2 fully saturated rings. The molecule has 0 bridgehead atoms. The molecular formula is C18H23ClN4O3. The maximum absolute atomic E-state index is 12.5. The molecule has 0 atom stereocenters. The highest BCUT2D eigenvalue weighted by molar-refractivity contribution is 6.30. The van der Waals surface area contributed by atoms with Crippen molar-refractivity contribution < 1.29 is 14.4 Å². The van der Waals surface area contributed by atoms with Crippen LogP contribution in [0.3, 0.4) is 0 Å². The molecule has 1 saturated carbocycles. The maximum atomic E-state index is 12.5. The summed E-state index contributed by atoms with van der Waals surface area (Å²) in [6.45, 7) is 1.10. The number of nitrogens with zero attached hydrogens (tertiary/aromatic N) is 1. The van der Waals surface area contributed by atoms with Gasteiger partial charge in [0.25, 0.3) is 5.91 Å². The van der Waals surface area contributed by atoms with Gasteiger partial charge in [-0.25, -0.2) is 9.59 Å². The second-order valence-corrected chi connectivity index (χ2v) is 7.20. The van der Waals surface area contributed by atoms with E-state index >= 15 is 0 Å². The number of carbonyl (C=O) groups is 3. The molecule has 3 rings (SSSR count). The molecule has 1 spiro atoms. The van der Waals surface area contributed by atoms with Gasteiger partial charge >= 0.3 is 12.1 Å². The van der Waals surface area contributed by atoms with Crippen LogP contribution in [-0.4, -0.2) is 41.5 Å². The van der Waals surface area contributed by atoms with Crippen molar-refractivity contribution in [2.24, 2.45) is 0 Å². The standard InChI is InChI=1S/C18H23ClN4O3/c19-14-6-4-13(5-7-14)12-21-16(25)20-10-3-11-23-15(24)18(22-17(23)26)8-1-2-9-18/h4-7H,1-3,8-12H2,(H,22,26)(H2,20,21,25). The summed E-state index contributed by atoms with van der Waals surface area (Å²) in [6.07, 6.45) is 3.90. The number of halogens is 1. The predicted octanol–water partition coefficient (Wildman–Crippen LogP) is 2.39. The number of nitrogens with one attached hydrogen (secondary N) is 3. The number of carbonyl (C=O) groups excluding carboxylic acids is 3. The predicted molar refractivity (Wildman–Crippen MR) is 97.8 cm³/mol. The Morgan fingerprint density at radius 1 is 1.15 bits per heavy atom. The van der Waals surface area contributed by atoms with Crippen LogP contribution in [0.15, 0.2) is 24.3 Å². The SMILES string of the molecule is O=C(NCCCN1C(=O)NC2(CCCC2)C1=O)NCc1ccc(Cl)cc1. The van der Waals surface area contributed by atoms with E-state index in [4.69, 9.17) is 11.6 Å². The Labute approximate surface area is 157 Å². The van der Waals surface area contributed by atoms with Gasteiger partial charge in [0.1, 0.15) is 5.54 Å². The molecule has 1 aliphatic heterocycles. The van der Waals surface area contributed by atoms with Crippen molar-refractivity contribution in [2.75, 3.05) is 13.1 Å². The number of hydrogen-bond acceptors (Lipinski definition) is 3. The third-order valence-corrected chi connectivity index (χ3v) is 5.17. The Bertz CT molecular complexity index is 686. The van der Waals surface area contributed by atoms with Gasteiger partial charge in [-0.2, -0.15) is 0 Å². The summed E-state index contributed by atoms with van der Waals surface area (Å²) in [7, 11) is 0. The largest absolute Gasteiger partial charge is 0.338 e. The molecule has 1 saturated heterocycles. The zero-order valence-electron chi connectivity index (χ0n) is 14.5. The second kappa shape index (κ2) is 7.95. The van der Waals surface area contributed by atoms with Crippen LogP contribution in [-0.2, 0) is 11.3 Å². The Hall–Kier alpha value is -2.28. The van der Waals surface area contributed by atoms with Gasteiger partial charge in [-0.3, -0.25) is 9.69 Å². The molecule has 8 heteroatoms. The van der Waals surface area contributed by atoms with Crippen LogP contribution in [0.1, 0.15) is 37.7 Å². The number of hydrogen-bond donors (Lipinski definition) is 3. The van der Waals surface area contributed by atoms with E-state index in [9.17, 15) is 14.4 Å². The Kier molecular flexibility index (Phi) is 5.66. The van der Waals surface area contributed by atoms with Crippen molar-refractivity contribution in [3.63, 3.8) is 0 Å². The third kappa shape index (κ3) is 4.09. The van der Waals surface area contributed by atoms with Gasteiger partial charge in [-0.05, 0) is 37.0 Å². The maximum Gasteiger partial charge on any atom is 0.325 e. The van der Waals surface area contributed by atoms with Crippen molar-refractivity contribution in [3.05, 3.63) is 34.9 Å². The first-order valence-electron chi connectivity index (χ1n) is 8.90. The van der Waals surface area contributed by atoms with Crippen molar-refractivity contribution in [3.8, 4) is 0 Å². The number of rotatable bonds is 6. The van der Waals surface area contributed by atoms with Gasteiger partial charge in [-0.1, -0.05) is 36.6 Å². The minimum absolute atomic E-state index is 0.118. The number of urea groups is 2. The van der Waals surface area contributed by atoms with E-state index in [0.29, 0.717) is 31.1 Å². The Morgan fingerprint density at radius 3 is 2.54 bits per heavy atom. The summed E-state index contributed by atoms with van der Waals surface area (Å²) >= 11 is 5.82. The first-order valence-corrected chi connectivity index (χ1v) is 9.28. The molecule has 26 heavy (non-hydrogen) atoms. The smallest absolute Gasteiger partial charge is 0.325 e. The molecule has 1 aromatic carbocycles. The Balaban J connectivity index is 1.36. The first-order chi connectivity index (χ1) is 12.5. The minimum Gasteiger partial charge on any atom is -0.338 e. The molecule has 1 heterocycles. The molecule has 5 amide bonds. The fraction of sp³-hybridized carbons (Fsp3) is 0.500. The normalized spacial score (nSPS) is 18.3. The Morgan fingerprint density at radius 2 is 1.85 bits per heavy atom. The van der Waals surface area contributed by atoms with Gasteiger partial charge < -0.3 is 16.0 Å². The zero-order valence-corrected chi connectivity index (χ0v) is 15.3. The van der Waals surface area contributed by atoms with E-state index in [0.717, 1.165) is 31.2 Å². The molecular weight excluding hydrogens is 356 g/mol. The van der Waals surface area contributed by atoms with Crippen LogP contribution in [0.2, 0.25) is 5.02 Å². The number of imide groups is 1. The highest BCUT2D eigenvalue weighted by atomic mass is 35.5. The molecule has 1 aliphatic carbocycles. The van der Waals surface area contributed by atoms with E-state index < -0.39 is 5.54 Å². The quantitative estimate of drug-likeness (QED) is 0.524. The molecule has 2 aliphatic rings. The molecule has 0 radical (unpaired) electrons. The first kappa shape index (κ1) is 18.5. The van der Waals surface area contributed by atoms with Crippen LogP contribution in [0.5, 0.6) is 0 Å². The molecule has 3 N–H and O–H groups in total. The lowest BCUT2D eigenvalue weighted by molar-refractivity contribution is -0.131. The topological polar surface area (TPSA) is 90.5 Å². The van der Waals surface area contributed by atoms with Gasteiger partial charge in [-0.15, -0.1) is 0 Å². The fourth-order valence-electron chi connectivity index (χ4n) is 3.48. The van der Waals surface area contributed by atoms with Crippen molar-refractivity contribution in [1.82, 2.24) is 20.9 Å². The van der Waals surface area contributed by atoms with Crippen molar-refractivity contribution >= 4 is 29.6 Å². The summed E-state index contributed by atoms with van der Waals surface area (Å²) in [4.78, 5) is 37.6. The van der Waals surface area contributed by atoms with Crippen molar-refractivity contribution in [2.45, 2.75) is 44.2 Å². The van der Waals surface area contributed by atoms with E-state index in [1.54, 1.807) is 12.1 Å². The van der Waals surface area contributed by atoms with Crippen molar-refractivity contribution in [1.29, 1.82) is 0 Å². The van der Waals surface area contributed by atoms with Gasteiger partial charge in [0.15, 0.2) is 0 Å². The van der Waals surface area contributed by atoms with Crippen LogP contribution in [0.25, 0.3) is 0 Å². The lowest BCUT2D eigenvalue weighted by atomic mass is 9.98. The highest BCUT2D eigenvalue weighted by Gasteiger charge is 2.51. The van der Waals surface area contributed by atoms with Crippen LogP contribution in [0, 0.1) is 0 Å². The monoisotopic (exact) mass is 378 g/mol. The molecule has 140 valence electrons. The second-order valence-electron chi connectivity index (χ2n) is 6.77. The summed E-state index contributed by atoms with van der Waals surface area (Å²) in [5, 5.41) is 8.98. The zero-order chi connectivity index (χ0) is 18.6. The summed E-state index contributed by atoms with van der Waals surface area (Å²) in [6, 6.07) is 6.63. The summed E-state index contributed by atoms with van der Waals surface area (Å²) < 4.78 is 0. The lowest BCUT2D eigenvalue weighted by Crippen LogP contribution is -2.44. The fourth-order valence-corrected chi connectivity index (χ4v) is 3.61. The lowest BCUT2D eigenvalue weighted by Gasteiger charge is -2.20. The number of benzene rings is 1. The average Bonchev–Trinajstić information content (AvgIpc) is 3.18. The summed E-state index contributed by atoms with van der Waals surface area (Å²) in [5.74, 6) is -0.118. The van der Waals surface area contributed by atoms with Gasteiger partial charge in [0.2, 0.25) is 0 Å². The average molecular weight is 379 g/mol. The van der Waals surface area contributed by atoms with Gasteiger partial charge in [0.05, 0.1) is 0 Å². The number of amides is 5. The minimum atomic E-state index is -0.666. The van der Waals surface area contributed by atoms with Crippen LogP contribution in [0.4, 0.5) is 9.59 Å². The third-order valence-electron chi connectivity index (χ3n) is 4.91. The van der Waals surface area contributed by atoms with Gasteiger partial charge in [0, 0.05) is 24.7 Å². The van der Waals surface area contributed by atoms with Crippen LogP contribution >= 0.6 is 11.6 Å². The molecule has 1 aromatic rings. The molecule has 0 unspecified atom stereocenters. The van der Waals surface area contributed by atoms with E-state index in [1.807, 2.05) is 12.1 Å². The van der Waals surface area contributed by atoms with E-state index in [2.05, 4.69) is 16.0 Å².